The number of aromatic nitrogens is 1. The second kappa shape index (κ2) is 14.1. The molecular formula is C56H38N2. The fourth-order valence-electron chi connectivity index (χ4n) is 8.81. The van der Waals surface area contributed by atoms with Crippen molar-refractivity contribution in [3.63, 3.8) is 0 Å². The van der Waals surface area contributed by atoms with Gasteiger partial charge in [-0.3, -0.25) is 0 Å². The lowest BCUT2D eigenvalue weighted by atomic mass is 9.96. The lowest BCUT2D eigenvalue weighted by molar-refractivity contribution is 1.20. The van der Waals surface area contributed by atoms with Gasteiger partial charge in [0.05, 0.1) is 22.4 Å². The molecule has 1 heterocycles. The van der Waals surface area contributed by atoms with Gasteiger partial charge in [0.15, 0.2) is 0 Å². The van der Waals surface area contributed by atoms with E-state index >= 15 is 0 Å². The second-order valence-electron chi connectivity index (χ2n) is 14.9. The minimum Gasteiger partial charge on any atom is -0.310 e. The van der Waals surface area contributed by atoms with Gasteiger partial charge in [-0.2, -0.15) is 0 Å². The average molecular weight is 739 g/mol. The molecule has 11 rings (SSSR count). The molecule has 0 spiro atoms. The Morgan fingerprint density at radius 1 is 0.310 bits per heavy atom. The molecule has 0 radical (unpaired) electrons. The summed E-state index contributed by atoms with van der Waals surface area (Å²) in [7, 11) is 0. The Morgan fingerprint density at radius 3 is 1.48 bits per heavy atom. The molecule has 0 saturated heterocycles. The number of para-hydroxylation sites is 1. The number of hydrogen-bond donors (Lipinski definition) is 0. The molecule has 0 saturated carbocycles. The highest BCUT2D eigenvalue weighted by Gasteiger charge is 2.23. The van der Waals surface area contributed by atoms with Gasteiger partial charge in [0.2, 0.25) is 0 Å². The Hall–Kier alpha value is -7.68. The molecule has 0 unspecified atom stereocenters. The molecule has 0 amide bonds. The summed E-state index contributed by atoms with van der Waals surface area (Å²) in [4.78, 5) is 2.43. The minimum absolute atomic E-state index is 1.10. The summed E-state index contributed by atoms with van der Waals surface area (Å²) >= 11 is 0. The van der Waals surface area contributed by atoms with Crippen molar-refractivity contribution >= 4 is 60.4 Å². The molecule has 10 aromatic carbocycles. The van der Waals surface area contributed by atoms with Crippen LogP contribution in [0.3, 0.4) is 0 Å². The Balaban J connectivity index is 1.17. The van der Waals surface area contributed by atoms with Crippen molar-refractivity contribution in [2.24, 2.45) is 0 Å². The van der Waals surface area contributed by atoms with Crippen LogP contribution in [-0.4, -0.2) is 4.57 Å². The Labute approximate surface area is 338 Å². The van der Waals surface area contributed by atoms with Crippen LogP contribution in [0.5, 0.6) is 0 Å². The van der Waals surface area contributed by atoms with Crippen LogP contribution in [0, 0.1) is 0 Å². The maximum absolute atomic E-state index is 2.51. The molecule has 272 valence electrons. The van der Waals surface area contributed by atoms with E-state index in [-0.39, 0.29) is 0 Å². The largest absolute Gasteiger partial charge is 0.310 e. The van der Waals surface area contributed by atoms with Crippen LogP contribution in [0.1, 0.15) is 0 Å². The van der Waals surface area contributed by atoms with Crippen LogP contribution < -0.4 is 4.90 Å². The van der Waals surface area contributed by atoms with E-state index in [1.54, 1.807) is 0 Å². The van der Waals surface area contributed by atoms with E-state index in [9.17, 15) is 0 Å². The molecule has 2 heteroatoms. The van der Waals surface area contributed by atoms with Crippen LogP contribution in [0.2, 0.25) is 0 Å². The number of hydrogen-bond acceptors (Lipinski definition) is 1. The lowest BCUT2D eigenvalue weighted by Crippen LogP contribution is -2.10. The third-order valence-electron chi connectivity index (χ3n) is 11.6. The zero-order valence-electron chi connectivity index (χ0n) is 31.8. The van der Waals surface area contributed by atoms with Gasteiger partial charge in [-0.05, 0) is 92.5 Å². The standard InChI is InChI=1S/C56H38N2/c1-3-14-39(15-4-1)42-28-33-47(34-29-42)57(48-35-30-43(31-36-48)40-16-5-2-6-17-40)53-24-13-25-54-55(53)51-22-11-12-23-52(51)58(54)56-49-21-10-9-19-44(49)32-37-50(56)46-27-26-41-18-7-8-20-45(41)38-46/h1-38H. The molecular weight excluding hydrogens is 701 g/mol. The van der Waals surface area contributed by atoms with Crippen molar-refractivity contribution < 1.29 is 0 Å². The highest BCUT2D eigenvalue weighted by Crippen LogP contribution is 2.46. The van der Waals surface area contributed by atoms with E-state index in [1.165, 1.54) is 76.9 Å². The van der Waals surface area contributed by atoms with E-state index in [4.69, 9.17) is 0 Å². The van der Waals surface area contributed by atoms with Gasteiger partial charge < -0.3 is 9.47 Å². The van der Waals surface area contributed by atoms with E-state index < -0.39 is 0 Å². The van der Waals surface area contributed by atoms with Gasteiger partial charge >= 0.3 is 0 Å². The number of anilines is 3. The molecule has 0 N–H and O–H groups in total. The van der Waals surface area contributed by atoms with Crippen molar-refractivity contribution in [2.45, 2.75) is 0 Å². The average Bonchev–Trinajstić information content (AvgIpc) is 3.64. The quantitative estimate of drug-likeness (QED) is 0.158. The SMILES string of the molecule is c1ccc(-c2ccc(N(c3ccc(-c4ccccc4)cc3)c3cccc4c3c3ccccc3n4-c3c(-c4ccc5ccccc5c4)ccc4ccccc34)cc2)cc1. The molecule has 58 heavy (non-hydrogen) atoms. The highest BCUT2D eigenvalue weighted by atomic mass is 15.1. The van der Waals surface area contributed by atoms with E-state index in [2.05, 4.69) is 240 Å². The normalized spacial score (nSPS) is 11.4. The zero-order valence-corrected chi connectivity index (χ0v) is 31.8. The summed E-state index contributed by atoms with van der Waals surface area (Å²) in [6.07, 6.45) is 0. The van der Waals surface area contributed by atoms with Gasteiger partial charge in [-0.1, -0.05) is 182 Å². The first-order valence-corrected chi connectivity index (χ1v) is 19.9. The Bertz CT molecular complexity index is 3170. The second-order valence-corrected chi connectivity index (χ2v) is 14.9. The van der Waals surface area contributed by atoms with Gasteiger partial charge in [-0.15, -0.1) is 0 Å². The van der Waals surface area contributed by atoms with Crippen LogP contribution >= 0.6 is 0 Å². The maximum Gasteiger partial charge on any atom is 0.0618 e. The molecule has 1 aromatic heterocycles. The van der Waals surface area contributed by atoms with Crippen LogP contribution in [-0.2, 0) is 0 Å². The third-order valence-corrected chi connectivity index (χ3v) is 11.6. The molecule has 0 aliphatic heterocycles. The predicted octanol–water partition coefficient (Wildman–Crippen LogP) is 15.6. The molecule has 2 nitrogen and oxygen atoms in total. The molecule has 11 aromatic rings. The number of fused-ring (bicyclic) bond motifs is 5. The fourth-order valence-corrected chi connectivity index (χ4v) is 8.81. The third kappa shape index (κ3) is 5.74. The highest BCUT2D eigenvalue weighted by molar-refractivity contribution is 6.18. The topological polar surface area (TPSA) is 8.17 Å². The molecule has 0 aliphatic rings. The molecule has 0 bridgehead atoms. The number of benzene rings is 10. The summed E-state index contributed by atoms with van der Waals surface area (Å²) in [6, 6.07) is 83.8. The van der Waals surface area contributed by atoms with E-state index in [0.29, 0.717) is 0 Å². The van der Waals surface area contributed by atoms with Crippen molar-refractivity contribution in [1.82, 2.24) is 4.57 Å². The summed E-state index contributed by atoms with van der Waals surface area (Å²) in [5.41, 5.74) is 14.0. The first-order valence-electron chi connectivity index (χ1n) is 19.9. The van der Waals surface area contributed by atoms with Crippen LogP contribution in [0.25, 0.3) is 82.4 Å². The Kier molecular flexibility index (Phi) is 8.19. The Morgan fingerprint density at radius 2 is 0.810 bits per heavy atom. The number of nitrogens with zero attached hydrogens (tertiary/aromatic N) is 2. The van der Waals surface area contributed by atoms with Crippen molar-refractivity contribution in [3.05, 3.63) is 231 Å². The minimum atomic E-state index is 1.10. The van der Waals surface area contributed by atoms with Crippen LogP contribution in [0.4, 0.5) is 17.1 Å². The summed E-state index contributed by atoms with van der Waals surface area (Å²) < 4.78 is 2.51. The van der Waals surface area contributed by atoms with Gasteiger partial charge in [-0.25, -0.2) is 0 Å². The smallest absolute Gasteiger partial charge is 0.0618 e. The monoisotopic (exact) mass is 738 g/mol. The predicted molar refractivity (Wildman–Crippen MR) is 247 cm³/mol. The van der Waals surface area contributed by atoms with Crippen molar-refractivity contribution in [2.75, 3.05) is 4.90 Å². The van der Waals surface area contributed by atoms with Gasteiger partial charge in [0.25, 0.3) is 0 Å². The van der Waals surface area contributed by atoms with E-state index in [1.807, 2.05) is 0 Å². The van der Waals surface area contributed by atoms with Gasteiger partial charge in [0, 0.05) is 33.1 Å². The zero-order chi connectivity index (χ0) is 38.4. The van der Waals surface area contributed by atoms with E-state index in [0.717, 1.165) is 22.6 Å². The van der Waals surface area contributed by atoms with Crippen molar-refractivity contribution in [3.8, 4) is 39.1 Å². The fraction of sp³-hybridized carbons (Fsp3) is 0. The lowest BCUT2D eigenvalue weighted by Gasteiger charge is -2.27. The summed E-state index contributed by atoms with van der Waals surface area (Å²) in [5.74, 6) is 0. The first-order chi connectivity index (χ1) is 28.8. The first kappa shape index (κ1) is 33.6. The molecule has 0 fully saturated rings. The van der Waals surface area contributed by atoms with Crippen LogP contribution in [0.15, 0.2) is 231 Å². The number of rotatable bonds is 7. The van der Waals surface area contributed by atoms with Gasteiger partial charge in [0.1, 0.15) is 0 Å². The molecule has 0 aliphatic carbocycles. The van der Waals surface area contributed by atoms with Crippen molar-refractivity contribution in [1.29, 1.82) is 0 Å². The molecule has 0 atom stereocenters. The summed E-state index contributed by atoms with van der Waals surface area (Å²) in [6.45, 7) is 0. The summed E-state index contributed by atoms with van der Waals surface area (Å²) in [5, 5.41) is 7.31. The maximum atomic E-state index is 2.51.